The minimum Gasteiger partial charge on any atom is -0.497 e. The highest BCUT2D eigenvalue weighted by molar-refractivity contribution is 5.91. The van der Waals surface area contributed by atoms with E-state index in [2.05, 4.69) is 28.0 Å². The Hall–Kier alpha value is -3.87. The lowest BCUT2D eigenvalue weighted by molar-refractivity contribution is -0.229. The first-order valence-corrected chi connectivity index (χ1v) is 17.0. The minimum atomic E-state index is -2.16. The van der Waals surface area contributed by atoms with Gasteiger partial charge < -0.3 is 33.5 Å². The standard InChI is InChI=1S/C36H46N4O8/c1-5-34-13-8-16-40-17-14-35(30(34)40)25-12-11-24(45-3)23-26(25)37(2)31(35)36(44,33(43)46-4)32(34)48-28(41)10-6-15-38-18-20-39(21-19-38)29(42)27-9-7-22-47-27/h7-9,11-13,22-23,30-32,44H,5-6,10,14-21H2,1-4H3/t30-,31+,32+,34+,35+,36-/m0/s1. The van der Waals surface area contributed by atoms with E-state index in [4.69, 9.17) is 18.6 Å². The van der Waals surface area contributed by atoms with Gasteiger partial charge in [-0.3, -0.25) is 19.4 Å². The Morgan fingerprint density at radius 1 is 1.06 bits per heavy atom. The molecule has 1 N–H and O–H groups in total. The van der Waals surface area contributed by atoms with Gasteiger partial charge in [0.1, 0.15) is 5.75 Å². The zero-order valence-electron chi connectivity index (χ0n) is 28.2. The number of hydrogen-bond acceptors (Lipinski definition) is 11. The maximum atomic E-state index is 14.0. The van der Waals surface area contributed by atoms with Gasteiger partial charge in [-0.05, 0) is 56.1 Å². The quantitative estimate of drug-likeness (QED) is 0.315. The van der Waals surface area contributed by atoms with Gasteiger partial charge in [-0.1, -0.05) is 25.1 Å². The average Bonchev–Trinajstić information content (AvgIpc) is 3.85. The molecule has 12 nitrogen and oxygen atoms in total. The number of methoxy groups -OCH3 is 2. The minimum absolute atomic E-state index is 0.115. The largest absolute Gasteiger partial charge is 0.497 e. The lowest BCUT2D eigenvalue weighted by Gasteiger charge is -2.63. The van der Waals surface area contributed by atoms with E-state index in [1.807, 2.05) is 31.0 Å². The molecular formula is C36H46N4O8. The van der Waals surface area contributed by atoms with E-state index >= 15 is 0 Å². The topological polar surface area (TPSA) is 125 Å². The van der Waals surface area contributed by atoms with Crippen molar-refractivity contribution in [1.29, 1.82) is 0 Å². The molecule has 2 aromatic rings. The van der Waals surface area contributed by atoms with Gasteiger partial charge in [0.2, 0.25) is 5.60 Å². The maximum absolute atomic E-state index is 14.0. The number of fused-ring (bicyclic) bond motifs is 1. The fourth-order valence-electron chi connectivity index (χ4n) is 9.88. The number of rotatable bonds is 9. The molecule has 5 aliphatic rings. The van der Waals surface area contributed by atoms with Gasteiger partial charge in [0.15, 0.2) is 11.9 Å². The molecule has 6 atom stereocenters. The number of aliphatic hydroxyl groups is 1. The third kappa shape index (κ3) is 4.63. The van der Waals surface area contributed by atoms with Crippen LogP contribution in [0.4, 0.5) is 5.69 Å². The third-order valence-electron chi connectivity index (χ3n) is 11.8. The molecule has 0 unspecified atom stereocenters. The Morgan fingerprint density at radius 3 is 2.54 bits per heavy atom. The van der Waals surface area contributed by atoms with Crippen LogP contribution >= 0.6 is 0 Å². The van der Waals surface area contributed by atoms with Crippen LogP contribution in [0.3, 0.4) is 0 Å². The van der Waals surface area contributed by atoms with Gasteiger partial charge in [0, 0.05) is 74.8 Å². The van der Waals surface area contributed by atoms with Crippen molar-refractivity contribution in [3.63, 3.8) is 0 Å². The van der Waals surface area contributed by atoms with Crippen LogP contribution in [-0.4, -0.2) is 129 Å². The first-order valence-electron chi connectivity index (χ1n) is 17.0. The number of nitrogens with zero attached hydrogens (tertiary/aromatic N) is 4. The number of esters is 2. The summed E-state index contributed by atoms with van der Waals surface area (Å²) in [6.45, 7) is 6.76. The second-order valence-corrected chi connectivity index (χ2v) is 13.9. The molecule has 1 saturated carbocycles. The number of ether oxygens (including phenoxy) is 3. The second-order valence-electron chi connectivity index (χ2n) is 13.9. The number of amides is 1. The fourth-order valence-corrected chi connectivity index (χ4v) is 9.88. The van der Waals surface area contributed by atoms with Crippen molar-refractivity contribution >= 4 is 23.5 Å². The molecular weight excluding hydrogens is 616 g/mol. The Morgan fingerprint density at radius 2 is 1.85 bits per heavy atom. The summed E-state index contributed by atoms with van der Waals surface area (Å²) in [7, 11) is 4.80. The number of carbonyl (C=O) groups excluding carboxylic acids is 3. The summed E-state index contributed by atoms with van der Waals surface area (Å²) in [5.41, 5.74) is -1.67. The van der Waals surface area contributed by atoms with Crippen LogP contribution in [0.2, 0.25) is 0 Å². The summed E-state index contributed by atoms with van der Waals surface area (Å²) in [6, 6.07) is 8.50. The summed E-state index contributed by atoms with van der Waals surface area (Å²) >= 11 is 0. The number of likely N-dealkylation sites (N-methyl/N-ethyl adjacent to an activating group) is 1. The van der Waals surface area contributed by atoms with Crippen molar-refractivity contribution in [3.8, 4) is 5.75 Å². The van der Waals surface area contributed by atoms with Gasteiger partial charge in [-0.15, -0.1) is 0 Å². The van der Waals surface area contributed by atoms with E-state index in [1.54, 1.807) is 24.1 Å². The molecule has 1 aromatic carbocycles. The van der Waals surface area contributed by atoms with E-state index < -0.39 is 40.5 Å². The number of benzene rings is 1. The molecule has 2 saturated heterocycles. The molecule has 1 aliphatic carbocycles. The summed E-state index contributed by atoms with van der Waals surface area (Å²) in [5, 5.41) is 13.0. The highest BCUT2D eigenvalue weighted by Gasteiger charge is 2.80. The smallest absolute Gasteiger partial charge is 0.344 e. The molecule has 0 bridgehead atoms. The van der Waals surface area contributed by atoms with Gasteiger partial charge in [-0.2, -0.15) is 0 Å². The summed E-state index contributed by atoms with van der Waals surface area (Å²) < 4.78 is 22.6. The second kappa shape index (κ2) is 12.2. The van der Waals surface area contributed by atoms with E-state index in [1.165, 1.54) is 13.4 Å². The zero-order valence-corrected chi connectivity index (χ0v) is 28.2. The van der Waals surface area contributed by atoms with Crippen LogP contribution in [0, 0.1) is 5.41 Å². The molecule has 5 heterocycles. The van der Waals surface area contributed by atoms with E-state index in [9.17, 15) is 19.5 Å². The summed E-state index contributed by atoms with van der Waals surface area (Å²) in [6.07, 6.45) is 6.44. The molecule has 4 aliphatic heterocycles. The normalized spacial score (nSPS) is 32.4. The lowest BCUT2D eigenvalue weighted by atomic mass is 9.47. The van der Waals surface area contributed by atoms with E-state index in [-0.39, 0.29) is 18.4 Å². The summed E-state index contributed by atoms with van der Waals surface area (Å²) in [5.74, 6) is -0.357. The Bertz CT molecular complexity index is 1590. The average molecular weight is 663 g/mol. The molecule has 3 fully saturated rings. The van der Waals surface area contributed by atoms with Crippen molar-refractivity contribution in [2.45, 2.75) is 61.8 Å². The first kappa shape index (κ1) is 32.7. The number of piperazine rings is 1. The van der Waals surface area contributed by atoms with Crippen LogP contribution in [0.25, 0.3) is 0 Å². The zero-order chi connectivity index (χ0) is 33.8. The van der Waals surface area contributed by atoms with Crippen molar-refractivity contribution in [2.75, 3.05) is 72.0 Å². The molecule has 12 heteroatoms. The molecule has 0 radical (unpaired) electrons. The highest BCUT2D eigenvalue weighted by atomic mass is 16.6. The van der Waals surface area contributed by atoms with Crippen LogP contribution < -0.4 is 9.64 Å². The van der Waals surface area contributed by atoms with Gasteiger partial charge in [0.05, 0.1) is 26.5 Å². The van der Waals surface area contributed by atoms with Crippen molar-refractivity contribution in [1.82, 2.24) is 14.7 Å². The SMILES string of the molecule is CC[C@]12C=CCN3CC[C@@]4(c5ccc(OC)cc5N(C)[C@H]4[C@@](O)(C(=O)OC)[C@@H]1OC(=O)CCCN1CCN(C(=O)c4ccco4)CC1)[C@@H]32. The van der Waals surface area contributed by atoms with Crippen LogP contribution in [0.1, 0.15) is 48.7 Å². The van der Waals surface area contributed by atoms with Gasteiger partial charge >= 0.3 is 11.9 Å². The Balaban J connectivity index is 1.13. The predicted molar refractivity (Wildman–Crippen MR) is 176 cm³/mol. The lowest BCUT2D eigenvalue weighted by Crippen LogP contribution is -2.81. The first-order chi connectivity index (χ1) is 23.1. The van der Waals surface area contributed by atoms with Crippen molar-refractivity contribution in [2.24, 2.45) is 5.41 Å². The number of anilines is 1. The fraction of sp³-hybridized carbons (Fsp3) is 0.583. The molecule has 7 rings (SSSR count). The van der Waals surface area contributed by atoms with Gasteiger partial charge in [-0.25, -0.2) is 4.79 Å². The third-order valence-corrected chi connectivity index (χ3v) is 11.8. The molecule has 1 amide bonds. The highest BCUT2D eigenvalue weighted by Crippen LogP contribution is 2.67. The molecule has 48 heavy (non-hydrogen) atoms. The summed E-state index contributed by atoms with van der Waals surface area (Å²) in [4.78, 5) is 48.9. The molecule has 258 valence electrons. The van der Waals surface area contributed by atoms with Crippen molar-refractivity contribution < 1.29 is 38.1 Å². The maximum Gasteiger partial charge on any atom is 0.344 e. The predicted octanol–water partition coefficient (Wildman–Crippen LogP) is 2.45. The van der Waals surface area contributed by atoms with Crippen molar-refractivity contribution in [3.05, 3.63) is 60.1 Å². The molecule has 1 aromatic heterocycles. The number of carbonyl (C=O) groups is 3. The number of hydrogen-bond donors (Lipinski definition) is 1. The van der Waals surface area contributed by atoms with E-state index in [0.29, 0.717) is 57.1 Å². The van der Waals surface area contributed by atoms with Crippen LogP contribution in [0.5, 0.6) is 5.75 Å². The monoisotopic (exact) mass is 662 g/mol. The molecule has 1 spiro atoms. The Kier molecular flexibility index (Phi) is 8.32. The van der Waals surface area contributed by atoms with Gasteiger partial charge in [0.25, 0.3) is 5.91 Å². The number of furan rings is 1. The van der Waals surface area contributed by atoms with E-state index in [0.717, 1.165) is 30.8 Å². The van der Waals surface area contributed by atoms with Crippen LogP contribution in [-0.2, 0) is 24.5 Å². The van der Waals surface area contributed by atoms with Crippen LogP contribution in [0.15, 0.2) is 53.2 Å². The Labute approximate surface area is 281 Å².